The van der Waals surface area contributed by atoms with Crippen LogP contribution in [0.25, 0.3) is 5.57 Å². The van der Waals surface area contributed by atoms with E-state index in [2.05, 4.69) is 35.9 Å². The minimum Gasteiger partial charge on any atom is -0.473 e. The molecular weight excluding hydrogens is 558 g/mol. The summed E-state index contributed by atoms with van der Waals surface area (Å²) in [4.78, 5) is 37.1. The zero-order chi connectivity index (χ0) is 30.6. The van der Waals surface area contributed by atoms with Gasteiger partial charge in [0.25, 0.3) is 0 Å². The van der Waals surface area contributed by atoms with Crippen LogP contribution in [0.15, 0.2) is 60.8 Å². The quantitative estimate of drug-likeness (QED) is 0.280. The normalized spacial score (nSPS) is 18.1. The maximum Gasteiger partial charge on any atom is 0.410 e. The third kappa shape index (κ3) is 8.12. The van der Waals surface area contributed by atoms with Crippen molar-refractivity contribution in [1.29, 1.82) is 0 Å². The van der Waals surface area contributed by atoms with Gasteiger partial charge < -0.3 is 14.4 Å². The lowest BCUT2D eigenvalue weighted by atomic mass is 9.89. The van der Waals surface area contributed by atoms with Crippen molar-refractivity contribution < 1.29 is 19.1 Å². The lowest BCUT2D eigenvalue weighted by Crippen LogP contribution is -2.39. The van der Waals surface area contributed by atoms with Gasteiger partial charge in [0.2, 0.25) is 5.88 Å². The smallest absolute Gasteiger partial charge is 0.410 e. The molecule has 1 unspecified atom stereocenters. The lowest BCUT2D eigenvalue weighted by molar-refractivity contribution is 0.0257. The van der Waals surface area contributed by atoms with Crippen LogP contribution in [0.3, 0.4) is 0 Å². The second kappa shape index (κ2) is 13.4. The number of thiophene rings is 1. The van der Waals surface area contributed by atoms with Crippen LogP contribution >= 0.6 is 11.3 Å². The molecule has 1 amide bonds. The zero-order valence-corrected chi connectivity index (χ0v) is 26.8. The van der Waals surface area contributed by atoms with E-state index in [9.17, 15) is 9.59 Å². The number of ether oxygens (including phenoxy) is 2. The van der Waals surface area contributed by atoms with E-state index in [1.54, 1.807) is 17.5 Å². The van der Waals surface area contributed by atoms with Crippen molar-refractivity contribution in [2.45, 2.75) is 66.2 Å². The maximum atomic E-state index is 13.6. The Morgan fingerprint density at radius 1 is 1.07 bits per heavy atom. The maximum absolute atomic E-state index is 13.6. The first-order valence-electron chi connectivity index (χ1n) is 15.3. The van der Waals surface area contributed by atoms with Crippen LogP contribution in [0, 0.1) is 11.8 Å². The number of carbonyl (C=O) groups excluding carboxylic acids is 2. The molecule has 1 saturated heterocycles. The summed E-state index contributed by atoms with van der Waals surface area (Å²) in [5.41, 5.74) is 3.48. The molecule has 0 saturated carbocycles. The summed E-state index contributed by atoms with van der Waals surface area (Å²) < 4.78 is 11.7. The van der Waals surface area contributed by atoms with Gasteiger partial charge in [0.1, 0.15) is 12.2 Å². The molecule has 228 valence electrons. The predicted molar refractivity (Wildman–Crippen MR) is 171 cm³/mol. The van der Waals surface area contributed by atoms with E-state index < -0.39 is 5.60 Å². The number of carbonyl (C=O) groups is 2. The molecule has 1 aliphatic carbocycles. The number of Topliss-reactive ketones (excluding diaryl/α,β-unsaturated/α-hetero) is 1. The Morgan fingerprint density at radius 3 is 2.60 bits per heavy atom. The highest BCUT2D eigenvalue weighted by Gasteiger charge is 2.29. The molecule has 0 bridgehead atoms. The first-order chi connectivity index (χ1) is 20.6. The predicted octanol–water partition coefficient (Wildman–Crippen LogP) is 7.46. The van der Waals surface area contributed by atoms with Crippen molar-refractivity contribution in [3.8, 4) is 5.88 Å². The van der Waals surface area contributed by atoms with Gasteiger partial charge in [0.05, 0.1) is 0 Å². The second-order valence-corrected chi connectivity index (χ2v) is 14.0. The third-order valence-electron chi connectivity index (χ3n) is 7.88. The van der Waals surface area contributed by atoms with E-state index in [0.29, 0.717) is 37.9 Å². The number of amides is 1. The molecule has 2 aliphatic rings. The molecule has 43 heavy (non-hydrogen) atoms. The Labute approximate surface area is 259 Å². The van der Waals surface area contributed by atoms with E-state index >= 15 is 0 Å². The average molecular weight is 602 g/mol. The van der Waals surface area contributed by atoms with E-state index in [4.69, 9.17) is 9.47 Å². The number of rotatable bonds is 7. The highest BCUT2D eigenvalue weighted by molar-refractivity contribution is 7.13. The Hall–Kier alpha value is -3.49. The number of ketones is 1. The molecule has 5 rings (SSSR count). The largest absolute Gasteiger partial charge is 0.473 e. The van der Waals surface area contributed by atoms with E-state index in [-0.39, 0.29) is 17.8 Å². The van der Waals surface area contributed by atoms with Gasteiger partial charge in [-0.15, -0.1) is 11.3 Å². The van der Waals surface area contributed by atoms with Crippen LogP contribution < -0.4 is 4.74 Å². The average Bonchev–Trinajstić information content (AvgIpc) is 3.15. The summed E-state index contributed by atoms with van der Waals surface area (Å²) in [5.74, 6) is 1.25. The number of nitrogens with zero attached hydrogens (tertiary/aromatic N) is 3. The van der Waals surface area contributed by atoms with Gasteiger partial charge in [0, 0.05) is 66.7 Å². The second-order valence-electron chi connectivity index (χ2n) is 12.8. The third-order valence-corrected chi connectivity index (χ3v) is 9.03. The van der Waals surface area contributed by atoms with Crippen molar-refractivity contribution >= 4 is 28.8 Å². The first-order valence-corrected chi connectivity index (χ1v) is 16.1. The Kier molecular flexibility index (Phi) is 9.67. The minimum atomic E-state index is -0.506. The van der Waals surface area contributed by atoms with Gasteiger partial charge in [-0.05, 0) is 67.9 Å². The number of aromatic nitrogens is 1. The Bertz CT molecular complexity index is 1460. The number of pyridine rings is 1. The fourth-order valence-corrected chi connectivity index (χ4v) is 6.77. The van der Waals surface area contributed by atoms with Crippen LogP contribution in [-0.4, -0.2) is 58.4 Å². The van der Waals surface area contributed by atoms with Crippen molar-refractivity contribution in [2.24, 2.45) is 11.8 Å². The van der Waals surface area contributed by atoms with Gasteiger partial charge >= 0.3 is 6.09 Å². The molecule has 1 aromatic carbocycles. The zero-order valence-electron chi connectivity index (χ0n) is 26.0. The number of allylic oxidation sites excluding steroid dienone is 1. The molecule has 1 aliphatic heterocycles. The number of hydrogen-bond acceptors (Lipinski definition) is 7. The van der Waals surface area contributed by atoms with Crippen LogP contribution in [-0.2, 0) is 17.9 Å². The number of benzene rings is 1. The van der Waals surface area contributed by atoms with Crippen molar-refractivity contribution in [1.82, 2.24) is 14.8 Å². The van der Waals surface area contributed by atoms with Crippen molar-refractivity contribution in [3.05, 3.63) is 87.2 Å². The summed E-state index contributed by atoms with van der Waals surface area (Å²) in [6.07, 6.45) is 5.21. The number of fused-ring (bicyclic) bond motifs is 1. The van der Waals surface area contributed by atoms with E-state index in [1.165, 1.54) is 0 Å². The van der Waals surface area contributed by atoms with Crippen molar-refractivity contribution in [3.63, 3.8) is 0 Å². The van der Waals surface area contributed by atoms with Crippen LogP contribution in [0.2, 0.25) is 0 Å². The van der Waals surface area contributed by atoms with Gasteiger partial charge in [-0.25, -0.2) is 9.78 Å². The van der Waals surface area contributed by atoms with Crippen LogP contribution in [0.4, 0.5) is 4.79 Å². The summed E-state index contributed by atoms with van der Waals surface area (Å²) >= 11 is 1.70. The molecule has 0 spiro atoms. The van der Waals surface area contributed by atoms with Gasteiger partial charge in [-0.1, -0.05) is 50.3 Å². The fraction of sp³-hybridized carbons (Fsp3) is 0.457. The monoisotopic (exact) mass is 601 g/mol. The molecule has 3 heterocycles. The Morgan fingerprint density at radius 2 is 1.86 bits per heavy atom. The standard InChI is InChI=1S/C35H43N3O4S/c1-24(2)27-18-29(26-12-13-36-32(20-26)41-23-25-10-7-6-8-11-25)33-30(31(39)19-27)21-28(43-33)22-37-14-9-15-38(17-16-37)34(40)42-35(3,4)5/h6-8,10-13,18,20-21,24,27H,9,14-17,19,22-23H2,1-5H3. The molecule has 3 aromatic rings. The molecular formula is C35H43N3O4S. The molecule has 8 heteroatoms. The van der Waals surface area contributed by atoms with Crippen molar-refractivity contribution in [2.75, 3.05) is 26.2 Å². The molecule has 0 radical (unpaired) electrons. The molecule has 1 atom stereocenters. The summed E-state index contributed by atoms with van der Waals surface area (Å²) in [5, 5.41) is 0. The molecule has 7 nitrogen and oxygen atoms in total. The lowest BCUT2D eigenvalue weighted by Gasteiger charge is -2.26. The SMILES string of the molecule is CC(C)C1C=C(c2ccnc(OCc3ccccc3)c2)c2sc(CN3CCCN(C(=O)OC(C)(C)C)CC3)cc2C(=O)C1. The van der Waals surface area contributed by atoms with E-state index in [1.807, 2.05) is 68.1 Å². The number of hydrogen-bond donors (Lipinski definition) is 0. The summed E-state index contributed by atoms with van der Waals surface area (Å²) in [7, 11) is 0. The molecule has 0 N–H and O–H groups in total. The van der Waals surface area contributed by atoms with Crippen LogP contribution in [0.5, 0.6) is 5.88 Å². The van der Waals surface area contributed by atoms with Gasteiger partial charge in [-0.3, -0.25) is 9.69 Å². The van der Waals surface area contributed by atoms with Gasteiger partial charge in [0.15, 0.2) is 5.78 Å². The summed E-state index contributed by atoms with van der Waals surface area (Å²) in [6.45, 7) is 14.2. The highest BCUT2D eigenvalue weighted by Crippen LogP contribution is 2.40. The topological polar surface area (TPSA) is 72.0 Å². The van der Waals surface area contributed by atoms with Crippen LogP contribution in [0.1, 0.15) is 78.7 Å². The Balaban J connectivity index is 1.36. The molecule has 2 aromatic heterocycles. The van der Waals surface area contributed by atoms with E-state index in [0.717, 1.165) is 58.1 Å². The highest BCUT2D eigenvalue weighted by atomic mass is 32.1. The minimum absolute atomic E-state index is 0.150. The van der Waals surface area contributed by atoms with Gasteiger partial charge in [-0.2, -0.15) is 0 Å². The first kappa shape index (κ1) is 31.0. The fourth-order valence-electron chi connectivity index (χ4n) is 5.50. The summed E-state index contributed by atoms with van der Waals surface area (Å²) in [6, 6.07) is 16.2. The molecule has 1 fully saturated rings.